The van der Waals surface area contributed by atoms with Crippen molar-refractivity contribution >= 4 is 71.4 Å². The highest BCUT2D eigenvalue weighted by Gasteiger charge is 2.23. The lowest BCUT2D eigenvalue weighted by molar-refractivity contribution is 1.10. The van der Waals surface area contributed by atoms with E-state index in [0.717, 1.165) is 71.1 Å². The van der Waals surface area contributed by atoms with E-state index >= 15 is 0 Å². The minimum atomic E-state index is 0.468. The minimum Gasteiger partial charge on any atom is -0.308 e. The van der Waals surface area contributed by atoms with Crippen molar-refractivity contribution < 1.29 is 0 Å². The van der Waals surface area contributed by atoms with Gasteiger partial charge in [-0.3, -0.25) is 0 Å². The van der Waals surface area contributed by atoms with Crippen LogP contribution >= 0.6 is 0 Å². The number of hydrogen-bond donors (Lipinski definition) is 1. The van der Waals surface area contributed by atoms with Crippen LogP contribution in [-0.4, -0.2) is 15.3 Å². The fourth-order valence-electron chi connectivity index (χ4n) is 7.13. The molecule has 0 unspecified atom stereocenters. The van der Waals surface area contributed by atoms with Crippen LogP contribution in [0.5, 0.6) is 0 Å². The third-order valence-corrected chi connectivity index (χ3v) is 9.02. The van der Waals surface area contributed by atoms with Gasteiger partial charge in [0, 0.05) is 44.1 Å². The monoisotopic (exact) mass is 560 g/mol. The van der Waals surface area contributed by atoms with Crippen LogP contribution in [0.25, 0.3) is 76.5 Å². The van der Waals surface area contributed by atoms with Gasteiger partial charge in [-0.15, -0.1) is 0 Å². The predicted octanol–water partition coefficient (Wildman–Crippen LogP) is 10.1. The molecule has 2 aromatic heterocycles. The lowest BCUT2D eigenvalue weighted by Crippen LogP contribution is -2.06. The molecule has 0 amide bonds. The fraction of sp³-hybridized carbons (Fsp3) is 0. The van der Waals surface area contributed by atoms with Gasteiger partial charge in [0.05, 0.1) is 45.1 Å². The average Bonchev–Trinajstić information content (AvgIpc) is 3.61. The van der Waals surface area contributed by atoms with E-state index in [0.29, 0.717) is 11.1 Å². The van der Waals surface area contributed by atoms with Crippen LogP contribution in [0.15, 0.2) is 133 Å². The summed E-state index contributed by atoms with van der Waals surface area (Å²) in [4.78, 5) is 0. The van der Waals surface area contributed by atoms with Gasteiger partial charge in [-0.1, -0.05) is 109 Å². The largest absolute Gasteiger partial charge is 0.308 e. The number of rotatable bonds is 3. The van der Waals surface area contributed by atoms with Crippen LogP contribution in [-0.2, 0) is 0 Å². The predicted molar refractivity (Wildman–Crippen MR) is 183 cm³/mol. The lowest BCUT2D eigenvalue weighted by atomic mass is 10.0. The van der Waals surface area contributed by atoms with Gasteiger partial charge in [-0.05, 0) is 35.0 Å². The highest BCUT2D eigenvalue weighted by Crippen LogP contribution is 2.42. The summed E-state index contributed by atoms with van der Waals surface area (Å²) in [7, 11) is 0. The molecule has 4 nitrogen and oxygen atoms in total. The maximum atomic E-state index is 10.3. The molecule has 44 heavy (non-hydrogen) atoms. The number of fused-ring (bicyclic) bond motifs is 10. The molecule has 0 aliphatic rings. The van der Waals surface area contributed by atoms with Crippen LogP contribution < -0.4 is 0 Å². The minimum absolute atomic E-state index is 0.468. The van der Waals surface area contributed by atoms with Crippen LogP contribution in [0, 0.1) is 16.7 Å². The molecule has 0 bridgehead atoms. The van der Waals surface area contributed by atoms with Gasteiger partial charge in [-0.2, -0.15) is 5.26 Å². The Labute approximate surface area is 252 Å². The molecular weight excluding hydrogens is 536 g/mol. The first-order valence-electron chi connectivity index (χ1n) is 14.7. The van der Waals surface area contributed by atoms with Gasteiger partial charge in [0.2, 0.25) is 0 Å². The van der Waals surface area contributed by atoms with Crippen LogP contribution in [0.4, 0.5) is 0 Å². The standard InChI is InChI=1S/C40H24N4/c41-23-27-21-37(43-35-15-7-5-13-31(35)33-19-17-25-9-1-3-11-29(25)39(33)43)38(22-28(27)24-42)44-36-16-8-6-14-32(36)34-20-18-26-10-2-4-12-30(26)40(34)44/h1-23,41H. The van der Waals surface area contributed by atoms with E-state index in [2.05, 4.69) is 137 Å². The quantitative estimate of drug-likeness (QED) is 0.215. The Morgan fingerprint density at radius 1 is 0.500 bits per heavy atom. The fourth-order valence-corrected chi connectivity index (χ4v) is 7.13. The second-order valence-electron chi connectivity index (χ2n) is 11.3. The summed E-state index contributed by atoms with van der Waals surface area (Å²) in [5.74, 6) is 0. The van der Waals surface area contributed by atoms with Crippen LogP contribution in [0.1, 0.15) is 11.1 Å². The molecular formula is C40H24N4. The second kappa shape index (κ2) is 9.16. The summed E-state index contributed by atoms with van der Waals surface area (Å²) in [6, 6.07) is 49.1. The molecule has 9 aromatic rings. The van der Waals surface area contributed by atoms with E-state index in [1.54, 1.807) is 0 Å². The van der Waals surface area contributed by atoms with Crippen molar-refractivity contribution in [3.05, 3.63) is 145 Å². The van der Waals surface area contributed by atoms with Crippen LogP contribution in [0.2, 0.25) is 0 Å². The summed E-state index contributed by atoms with van der Waals surface area (Å²) >= 11 is 0. The summed E-state index contributed by atoms with van der Waals surface area (Å²) < 4.78 is 4.66. The van der Waals surface area contributed by atoms with Crippen molar-refractivity contribution in [1.82, 2.24) is 9.13 Å². The first kappa shape index (κ1) is 24.4. The SMILES string of the molecule is N#Cc1cc(-n2c3ccccc3c3ccc4ccccc4c32)c(-n2c3ccccc3c3ccc4ccccc4c32)cc1C=N. The number of nitrogens with zero attached hydrogens (tertiary/aromatic N) is 3. The Morgan fingerprint density at radius 2 is 0.955 bits per heavy atom. The molecule has 9 rings (SSSR count). The van der Waals surface area contributed by atoms with Crippen molar-refractivity contribution in [2.75, 3.05) is 0 Å². The highest BCUT2D eigenvalue weighted by atomic mass is 15.1. The van der Waals surface area contributed by atoms with Gasteiger partial charge < -0.3 is 14.5 Å². The van der Waals surface area contributed by atoms with E-state index in [4.69, 9.17) is 5.41 Å². The number of benzene rings is 7. The molecule has 0 saturated heterocycles. The molecule has 0 aliphatic heterocycles. The topological polar surface area (TPSA) is 57.5 Å². The first-order chi connectivity index (χ1) is 21.8. The number of hydrogen-bond acceptors (Lipinski definition) is 2. The molecule has 204 valence electrons. The Hall–Kier alpha value is -6.18. The summed E-state index contributed by atoms with van der Waals surface area (Å²) in [6.45, 7) is 0. The van der Waals surface area contributed by atoms with Crippen molar-refractivity contribution in [3.8, 4) is 17.4 Å². The number of nitriles is 1. The van der Waals surface area contributed by atoms with E-state index in [1.165, 1.54) is 11.6 Å². The molecule has 0 aliphatic carbocycles. The first-order valence-corrected chi connectivity index (χ1v) is 14.7. The van der Waals surface area contributed by atoms with E-state index in [9.17, 15) is 5.26 Å². The van der Waals surface area contributed by atoms with Crippen molar-refractivity contribution in [2.45, 2.75) is 0 Å². The van der Waals surface area contributed by atoms with Gasteiger partial charge in [0.1, 0.15) is 0 Å². The van der Waals surface area contributed by atoms with Crippen LogP contribution in [0.3, 0.4) is 0 Å². The molecule has 7 aromatic carbocycles. The number of nitrogens with one attached hydrogen (secondary N) is 1. The van der Waals surface area contributed by atoms with Gasteiger partial charge in [-0.25, -0.2) is 0 Å². The normalized spacial score (nSPS) is 11.7. The Morgan fingerprint density at radius 3 is 1.45 bits per heavy atom. The molecule has 0 fully saturated rings. The Kier molecular flexibility index (Phi) is 5.08. The number of aromatic nitrogens is 2. The zero-order valence-corrected chi connectivity index (χ0v) is 23.6. The smallest absolute Gasteiger partial charge is 0.0999 e. The maximum absolute atomic E-state index is 10.3. The zero-order chi connectivity index (χ0) is 29.4. The lowest BCUT2D eigenvalue weighted by Gasteiger charge is -2.19. The summed E-state index contributed by atoms with van der Waals surface area (Å²) in [5.41, 5.74) is 7.22. The maximum Gasteiger partial charge on any atom is 0.0999 e. The molecule has 4 heteroatoms. The molecule has 0 atom stereocenters. The molecule has 0 spiro atoms. The van der Waals surface area contributed by atoms with Crippen molar-refractivity contribution in [2.24, 2.45) is 0 Å². The van der Waals surface area contributed by atoms with E-state index in [-0.39, 0.29) is 0 Å². The van der Waals surface area contributed by atoms with Gasteiger partial charge in [0.25, 0.3) is 0 Å². The molecule has 0 saturated carbocycles. The third kappa shape index (κ3) is 3.24. The second-order valence-corrected chi connectivity index (χ2v) is 11.3. The Bertz CT molecular complexity index is 2700. The average molecular weight is 561 g/mol. The van der Waals surface area contributed by atoms with Gasteiger partial charge >= 0.3 is 0 Å². The molecule has 2 heterocycles. The van der Waals surface area contributed by atoms with Gasteiger partial charge in [0.15, 0.2) is 0 Å². The molecule has 0 radical (unpaired) electrons. The molecule has 1 N–H and O–H groups in total. The van der Waals surface area contributed by atoms with E-state index in [1.807, 2.05) is 12.1 Å². The van der Waals surface area contributed by atoms with Crippen molar-refractivity contribution in [1.29, 1.82) is 10.7 Å². The van der Waals surface area contributed by atoms with E-state index < -0.39 is 0 Å². The summed E-state index contributed by atoms with van der Waals surface area (Å²) in [6.07, 6.45) is 1.29. The third-order valence-electron chi connectivity index (χ3n) is 9.02. The van der Waals surface area contributed by atoms with Crippen molar-refractivity contribution in [3.63, 3.8) is 0 Å². The highest BCUT2D eigenvalue weighted by molar-refractivity contribution is 6.20. The number of para-hydroxylation sites is 2. The zero-order valence-electron chi connectivity index (χ0n) is 23.6. The summed E-state index contributed by atoms with van der Waals surface area (Å²) in [5, 5.41) is 27.9. The Balaban J connectivity index is 1.55.